The summed E-state index contributed by atoms with van der Waals surface area (Å²) in [6, 6.07) is 3.19. The molecule has 1 aliphatic carbocycles. The van der Waals surface area contributed by atoms with Gasteiger partial charge in [0.2, 0.25) is 15.0 Å². The van der Waals surface area contributed by atoms with Crippen molar-refractivity contribution < 1.29 is 8.42 Å². The lowest BCUT2D eigenvalue weighted by atomic mass is 10.2. The van der Waals surface area contributed by atoms with Crippen LogP contribution >= 0.6 is 12.2 Å². The largest absolute Gasteiger partial charge is 0.289 e. The van der Waals surface area contributed by atoms with Crippen LogP contribution in [0.25, 0.3) is 11.0 Å². The first-order valence-corrected chi connectivity index (χ1v) is 10.2. The molecule has 0 radical (unpaired) electrons. The lowest BCUT2D eigenvalue weighted by Crippen LogP contribution is -2.24. The van der Waals surface area contributed by atoms with Crippen molar-refractivity contribution in [2.45, 2.75) is 43.3 Å². The van der Waals surface area contributed by atoms with Crippen molar-refractivity contribution in [2.24, 2.45) is 4.99 Å². The molecule has 0 aromatic carbocycles. The van der Waals surface area contributed by atoms with Crippen molar-refractivity contribution in [1.29, 1.82) is 0 Å². The lowest BCUT2D eigenvalue weighted by molar-refractivity contribution is 0.513. The highest BCUT2D eigenvalue weighted by Crippen LogP contribution is 2.30. The van der Waals surface area contributed by atoms with Gasteiger partial charge in [0.25, 0.3) is 5.56 Å². The predicted octanol–water partition coefficient (Wildman–Crippen LogP) is 2.17. The topological polar surface area (TPSA) is 94.3 Å². The van der Waals surface area contributed by atoms with Crippen LogP contribution in [0.4, 0.5) is 0 Å². The minimum atomic E-state index is -3.64. The van der Waals surface area contributed by atoms with Crippen molar-refractivity contribution in [2.75, 3.05) is 12.3 Å². The molecule has 3 rings (SSSR count). The van der Waals surface area contributed by atoms with Crippen molar-refractivity contribution in [1.82, 2.24) is 14.5 Å². The van der Waals surface area contributed by atoms with Gasteiger partial charge in [-0.15, -0.1) is 0 Å². The lowest BCUT2D eigenvalue weighted by Gasteiger charge is -2.16. The SMILES string of the molecule is O=c1ccc2cnc(S(=O)(=O)CCCN=C=S)nc2n1C1CCCC1. The summed E-state index contributed by atoms with van der Waals surface area (Å²) < 4.78 is 26.5. The summed E-state index contributed by atoms with van der Waals surface area (Å²) in [6.45, 7) is 0.295. The second-order valence-corrected chi connectivity index (χ2v) is 8.24. The average Bonchev–Trinajstić information content (AvgIpc) is 3.12. The van der Waals surface area contributed by atoms with Crippen LogP contribution in [-0.4, -0.2) is 40.4 Å². The number of hydrogen-bond acceptors (Lipinski definition) is 7. The van der Waals surface area contributed by atoms with Gasteiger partial charge in [-0.1, -0.05) is 12.8 Å². The van der Waals surface area contributed by atoms with Crippen LogP contribution < -0.4 is 5.56 Å². The Labute approximate surface area is 150 Å². The monoisotopic (exact) mass is 378 g/mol. The maximum Gasteiger partial charge on any atom is 0.252 e. The number of sulfone groups is 1. The fourth-order valence-electron chi connectivity index (χ4n) is 3.16. The molecule has 2 heterocycles. The first kappa shape index (κ1) is 17.8. The molecule has 0 bridgehead atoms. The molecule has 132 valence electrons. The van der Waals surface area contributed by atoms with E-state index in [4.69, 9.17) is 0 Å². The second-order valence-electron chi connectivity index (χ2n) is 6.06. The third-order valence-electron chi connectivity index (χ3n) is 4.36. The molecule has 0 unspecified atom stereocenters. The van der Waals surface area contributed by atoms with Gasteiger partial charge in [-0.25, -0.2) is 18.4 Å². The van der Waals surface area contributed by atoms with Crippen LogP contribution in [0.3, 0.4) is 0 Å². The third-order valence-corrected chi connectivity index (χ3v) is 6.07. The molecular weight excluding hydrogens is 360 g/mol. The van der Waals surface area contributed by atoms with Crippen molar-refractivity contribution in [3.63, 3.8) is 0 Å². The van der Waals surface area contributed by atoms with Gasteiger partial charge < -0.3 is 0 Å². The van der Waals surface area contributed by atoms with E-state index >= 15 is 0 Å². The van der Waals surface area contributed by atoms with Crippen LogP contribution in [0.1, 0.15) is 38.1 Å². The van der Waals surface area contributed by atoms with E-state index in [0.717, 1.165) is 25.7 Å². The number of aromatic nitrogens is 3. The molecule has 0 aliphatic heterocycles. The Kier molecular flexibility index (Phi) is 5.36. The molecule has 2 aromatic heterocycles. The fraction of sp³-hybridized carbons (Fsp3) is 0.500. The Morgan fingerprint density at radius 1 is 1.32 bits per heavy atom. The number of rotatable bonds is 6. The molecule has 0 amide bonds. The summed E-state index contributed by atoms with van der Waals surface area (Å²) in [7, 11) is -3.64. The van der Waals surface area contributed by atoms with Crippen LogP contribution in [0.15, 0.2) is 33.3 Å². The number of thiocarbonyl (C=S) groups is 1. The zero-order valence-electron chi connectivity index (χ0n) is 13.6. The molecule has 1 aliphatic rings. The standard InChI is InChI=1S/C16H18N4O3S2/c21-14-7-6-12-10-18-16(25(22,23)9-3-8-17-11-24)19-15(12)20(14)13-4-1-2-5-13/h6-7,10,13H,1-5,8-9H2. The molecule has 25 heavy (non-hydrogen) atoms. The number of fused-ring (bicyclic) bond motifs is 1. The summed E-state index contributed by atoms with van der Waals surface area (Å²) in [6.07, 6.45) is 5.71. The van der Waals surface area contributed by atoms with Gasteiger partial charge in [0.15, 0.2) is 0 Å². The average molecular weight is 378 g/mol. The third kappa shape index (κ3) is 3.84. The molecule has 0 N–H and O–H groups in total. The van der Waals surface area contributed by atoms with Crippen LogP contribution in [0.2, 0.25) is 0 Å². The Balaban J connectivity index is 2.02. The molecule has 0 atom stereocenters. The van der Waals surface area contributed by atoms with Gasteiger partial charge >= 0.3 is 0 Å². The molecule has 0 spiro atoms. The van der Waals surface area contributed by atoms with Gasteiger partial charge in [0, 0.05) is 23.7 Å². The maximum atomic E-state index is 12.5. The quantitative estimate of drug-likeness (QED) is 0.331. The highest BCUT2D eigenvalue weighted by atomic mass is 32.2. The molecule has 2 aromatic rings. The van der Waals surface area contributed by atoms with Gasteiger partial charge in [-0.05, 0) is 37.5 Å². The zero-order valence-corrected chi connectivity index (χ0v) is 15.2. The molecule has 1 fully saturated rings. The number of nitrogens with zero attached hydrogens (tertiary/aromatic N) is 4. The molecule has 9 heteroatoms. The van der Waals surface area contributed by atoms with E-state index in [1.807, 2.05) is 0 Å². The van der Waals surface area contributed by atoms with Crippen LogP contribution in [0.5, 0.6) is 0 Å². The van der Waals surface area contributed by atoms with Crippen LogP contribution in [0, 0.1) is 0 Å². The van der Waals surface area contributed by atoms with Gasteiger partial charge in [-0.3, -0.25) is 9.36 Å². The number of isothiocyanates is 1. The van der Waals surface area contributed by atoms with E-state index in [2.05, 4.69) is 32.3 Å². The smallest absolute Gasteiger partial charge is 0.252 e. The van der Waals surface area contributed by atoms with E-state index in [1.165, 1.54) is 12.3 Å². The normalized spacial score (nSPS) is 15.4. The van der Waals surface area contributed by atoms with Crippen molar-refractivity contribution in [3.8, 4) is 0 Å². The second kappa shape index (κ2) is 7.51. The predicted molar refractivity (Wildman–Crippen MR) is 97.9 cm³/mol. The van der Waals surface area contributed by atoms with Gasteiger partial charge in [0.05, 0.1) is 17.5 Å². The van der Waals surface area contributed by atoms with Crippen molar-refractivity contribution in [3.05, 3.63) is 28.7 Å². The summed E-state index contributed by atoms with van der Waals surface area (Å²) >= 11 is 4.46. The van der Waals surface area contributed by atoms with E-state index in [0.29, 0.717) is 24.0 Å². The Hall–Kier alpha value is -1.96. The maximum absolute atomic E-state index is 12.5. The molecule has 0 saturated heterocycles. The number of aliphatic imine (C=N–C) groups is 1. The first-order chi connectivity index (χ1) is 12.0. The summed E-state index contributed by atoms with van der Waals surface area (Å²) in [5.41, 5.74) is 0.238. The van der Waals surface area contributed by atoms with E-state index in [-0.39, 0.29) is 22.5 Å². The van der Waals surface area contributed by atoms with Gasteiger partial charge in [0.1, 0.15) is 5.65 Å². The highest BCUT2D eigenvalue weighted by molar-refractivity contribution is 7.91. The summed E-state index contributed by atoms with van der Waals surface area (Å²) in [5.74, 6) is -0.125. The van der Waals surface area contributed by atoms with E-state index < -0.39 is 9.84 Å². The number of hydrogen-bond donors (Lipinski definition) is 0. The molecule has 1 saturated carbocycles. The zero-order chi connectivity index (χ0) is 17.9. The first-order valence-electron chi connectivity index (χ1n) is 8.17. The minimum absolute atomic E-state index is 0.0681. The fourth-order valence-corrected chi connectivity index (χ4v) is 4.38. The van der Waals surface area contributed by atoms with E-state index in [1.54, 1.807) is 10.6 Å². The van der Waals surface area contributed by atoms with E-state index in [9.17, 15) is 13.2 Å². The summed E-state index contributed by atoms with van der Waals surface area (Å²) in [4.78, 5) is 24.3. The highest BCUT2D eigenvalue weighted by Gasteiger charge is 2.23. The Bertz CT molecular complexity index is 988. The molecular formula is C16H18N4O3S2. The van der Waals surface area contributed by atoms with Gasteiger partial charge in [-0.2, -0.15) is 4.98 Å². The van der Waals surface area contributed by atoms with Crippen molar-refractivity contribution >= 4 is 38.2 Å². The Morgan fingerprint density at radius 3 is 2.80 bits per heavy atom. The summed E-state index contributed by atoms with van der Waals surface area (Å²) in [5, 5.41) is 2.62. The minimum Gasteiger partial charge on any atom is -0.289 e. The Morgan fingerprint density at radius 2 is 2.08 bits per heavy atom. The number of pyridine rings is 1. The van der Waals surface area contributed by atoms with Crippen LogP contribution in [-0.2, 0) is 9.84 Å². The molecule has 7 nitrogen and oxygen atoms in total.